The molecule has 1 rings (SSSR count). The van der Waals surface area contributed by atoms with E-state index < -0.39 is 49.5 Å². The first-order chi connectivity index (χ1) is 39.3. The number of hydrogen-bond donors (Lipinski definition) is 6. The highest BCUT2D eigenvalue weighted by molar-refractivity contribution is 5.76. The fourth-order valence-corrected chi connectivity index (χ4v) is 8.88. The van der Waals surface area contributed by atoms with Gasteiger partial charge < -0.3 is 40.3 Å². The molecule has 1 saturated heterocycles. The van der Waals surface area contributed by atoms with Gasteiger partial charge in [-0.2, -0.15) is 0 Å². The summed E-state index contributed by atoms with van der Waals surface area (Å²) in [7, 11) is 0. The van der Waals surface area contributed by atoms with Gasteiger partial charge in [-0.25, -0.2) is 0 Å². The summed E-state index contributed by atoms with van der Waals surface area (Å²) in [6, 6.07) is -0.845. The van der Waals surface area contributed by atoms with Crippen molar-refractivity contribution in [3.63, 3.8) is 0 Å². The van der Waals surface area contributed by atoms with Crippen LogP contribution in [0.15, 0.2) is 158 Å². The van der Waals surface area contributed by atoms with E-state index in [1.807, 2.05) is 6.08 Å². The van der Waals surface area contributed by atoms with Crippen LogP contribution in [-0.2, 0) is 14.3 Å². The zero-order valence-electron chi connectivity index (χ0n) is 50.3. The highest BCUT2D eigenvalue weighted by atomic mass is 16.7. The lowest BCUT2D eigenvalue weighted by molar-refractivity contribution is -0.302. The third-order valence-corrected chi connectivity index (χ3v) is 13.8. The topological polar surface area (TPSA) is 149 Å². The maximum Gasteiger partial charge on any atom is 0.220 e. The Hall–Kier alpha value is -4.19. The average molecular weight is 1110 g/mol. The molecule has 80 heavy (non-hydrogen) atoms. The minimum absolute atomic E-state index is 0.212. The second kappa shape index (κ2) is 58.0. The number of aliphatic hydroxyl groups excluding tert-OH is 5. The molecule has 0 spiro atoms. The largest absolute Gasteiger partial charge is 0.394 e. The van der Waals surface area contributed by atoms with E-state index in [1.165, 1.54) is 77.0 Å². The van der Waals surface area contributed by atoms with Gasteiger partial charge in [-0.3, -0.25) is 4.79 Å². The Labute approximate surface area is 488 Å². The molecule has 0 aromatic rings. The Morgan fingerprint density at radius 3 is 1.20 bits per heavy atom. The van der Waals surface area contributed by atoms with Crippen LogP contribution < -0.4 is 5.32 Å². The molecule has 9 nitrogen and oxygen atoms in total. The zero-order chi connectivity index (χ0) is 57.9. The third kappa shape index (κ3) is 46.4. The van der Waals surface area contributed by atoms with Crippen molar-refractivity contribution in [2.45, 2.75) is 269 Å². The van der Waals surface area contributed by atoms with Gasteiger partial charge in [0.25, 0.3) is 0 Å². The minimum Gasteiger partial charge on any atom is -0.394 e. The van der Waals surface area contributed by atoms with Crippen molar-refractivity contribution < 1.29 is 39.8 Å². The van der Waals surface area contributed by atoms with Crippen molar-refractivity contribution in [1.29, 1.82) is 0 Å². The molecular formula is C71H115NO8. The van der Waals surface area contributed by atoms with Crippen LogP contribution in [-0.4, -0.2) is 87.5 Å². The predicted octanol–water partition coefficient (Wildman–Crippen LogP) is 16.8. The first kappa shape index (κ1) is 73.8. The monoisotopic (exact) mass is 1110 g/mol. The van der Waals surface area contributed by atoms with E-state index >= 15 is 0 Å². The van der Waals surface area contributed by atoms with Crippen molar-refractivity contribution in [2.75, 3.05) is 13.2 Å². The number of amides is 1. The molecule has 1 amide bonds. The molecule has 1 fully saturated rings. The molecule has 452 valence electrons. The number of rotatable bonds is 52. The molecule has 6 N–H and O–H groups in total. The summed E-state index contributed by atoms with van der Waals surface area (Å²) in [6.45, 7) is 3.63. The molecule has 7 unspecified atom stereocenters. The molecule has 1 heterocycles. The number of carbonyl (C=O) groups is 1. The van der Waals surface area contributed by atoms with Gasteiger partial charge in [0.15, 0.2) is 6.29 Å². The van der Waals surface area contributed by atoms with E-state index in [1.54, 1.807) is 6.08 Å². The summed E-state index contributed by atoms with van der Waals surface area (Å²) in [4.78, 5) is 13.1. The SMILES string of the molecule is CC/C=C\C/C=C\C/C=C\C/C=C\C/C=C\C/C=C\C/C=C\C/C=C\C/C=C\C/C=C\C/C=C\CCCCCCCC(=O)NC(COC1OC(CO)C(O)C(O)C1O)C(O)/C=C/CC/C=C/CCCCCCCCCCCCCC. The second-order valence-corrected chi connectivity index (χ2v) is 21.1. The zero-order valence-corrected chi connectivity index (χ0v) is 50.3. The highest BCUT2D eigenvalue weighted by Gasteiger charge is 2.44. The normalized spacial score (nSPS) is 19.6. The molecule has 0 radical (unpaired) electrons. The van der Waals surface area contributed by atoms with Crippen LogP contribution in [0.2, 0.25) is 0 Å². The van der Waals surface area contributed by atoms with Crippen LogP contribution in [0.5, 0.6) is 0 Å². The van der Waals surface area contributed by atoms with Crippen LogP contribution in [0.25, 0.3) is 0 Å². The summed E-state index contributed by atoms with van der Waals surface area (Å²) in [6.07, 6.45) is 84.6. The van der Waals surface area contributed by atoms with Crippen molar-refractivity contribution in [1.82, 2.24) is 5.32 Å². The number of nitrogens with one attached hydrogen (secondary N) is 1. The van der Waals surface area contributed by atoms with Gasteiger partial charge >= 0.3 is 0 Å². The van der Waals surface area contributed by atoms with E-state index in [4.69, 9.17) is 9.47 Å². The van der Waals surface area contributed by atoms with Gasteiger partial charge in [0.2, 0.25) is 5.91 Å². The molecule has 9 heteroatoms. The van der Waals surface area contributed by atoms with Crippen LogP contribution in [0.4, 0.5) is 0 Å². The number of carbonyl (C=O) groups excluding carboxylic acids is 1. The highest BCUT2D eigenvalue weighted by Crippen LogP contribution is 2.23. The molecule has 0 aromatic carbocycles. The van der Waals surface area contributed by atoms with Crippen molar-refractivity contribution in [3.05, 3.63) is 158 Å². The summed E-state index contributed by atoms with van der Waals surface area (Å²) >= 11 is 0. The molecule has 0 aliphatic carbocycles. The maximum absolute atomic E-state index is 13.1. The molecular weight excluding hydrogens is 995 g/mol. The smallest absolute Gasteiger partial charge is 0.220 e. The van der Waals surface area contributed by atoms with Gasteiger partial charge in [0.1, 0.15) is 24.4 Å². The molecule has 0 aromatic heterocycles. The number of unbranched alkanes of at least 4 members (excludes halogenated alkanes) is 18. The van der Waals surface area contributed by atoms with E-state index in [2.05, 4.69) is 165 Å². The molecule has 0 saturated carbocycles. The van der Waals surface area contributed by atoms with Gasteiger partial charge in [0, 0.05) is 6.42 Å². The lowest BCUT2D eigenvalue weighted by Crippen LogP contribution is -2.60. The molecule has 0 bridgehead atoms. The summed E-state index contributed by atoms with van der Waals surface area (Å²) in [5, 5.41) is 54.5. The molecule has 7 atom stereocenters. The van der Waals surface area contributed by atoms with E-state index in [0.29, 0.717) is 6.42 Å². The van der Waals surface area contributed by atoms with Crippen LogP contribution in [0.3, 0.4) is 0 Å². The Balaban J connectivity index is 2.22. The lowest BCUT2D eigenvalue weighted by atomic mass is 9.99. The van der Waals surface area contributed by atoms with Crippen molar-refractivity contribution >= 4 is 5.91 Å². The van der Waals surface area contributed by atoms with E-state index in [-0.39, 0.29) is 12.5 Å². The quantitative estimate of drug-likeness (QED) is 0.0261. The van der Waals surface area contributed by atoms with Crippen molar-refractivity contribution in [2.24, 2.45) is 0 Å². The van der Waals surface area contributed by atoms with Crippen molar-refractivity contribution in [3.8, 4) is 0 Å². The second-order valence-electron chi connectivity index (χ2n) is 21.1. The van der Waals surface area contributed by atoms with Crippen LogP contribution in [0, 0.1) is 0 Å². The van der Waals surface area contributed by atoms with Crippen LogP contribution >= 0.6 is 0 Å². The standard InChI is InChI=1S/C71H115NO8/c1-3-5-7-9-11-13-15-17-19-21-23-24-25-26-27-28-29-30-31-32-33-34-35-36-37-38-39-40-41-42-43-45-47-49-51-53-55-57-59-61-67(75)72-64(63-79-71-70(78)69(77)68(76)66(62-73)80-71)65(74)60-58-56-54-52-50-48-46-44-22-20-18-16-14-12-10-8-6-4-2/h5,7,11,13,17,19,23-24,26-27,29-30,32-33,35-36,38-39,41-42,45,47,50,52,58,60,64-66,68-71,73-74,76-78H,3-4,6,8-10,12,14-16,18,20-22,25,28,31,34,37,40,43-44,46,48-49,51,53-57,59,61-63H2,1-2H3,(H,72,75)/b7-5-,13-11-,19-17-,24-23-,27-26-,30-29-,33-32-,36-35-,39-38-,42-41-,47-45-,52-50+,60-58+. The third-order valence-electron chi connectivity index (χ3n) is 13.8. The van der Waals surface area contributed by atoms with Gasteiger partial charge in [-0.15, -0.1) is 0 Å². The number of aliphatic hydroxyl groups is 5. The lowest BCUT2D eigenvalue weighted by Gasteiger charge is -2.40. The van der Waals surface area contributed by atoms with Gasteiger partial charge in [-0.1, -0.05) is 262 Å². The molecule has 1 aliphatic heterocycles. The first-order valence-corrected chi connectivity index (χ1v) is 31.7. The Bertz CT molecular complexity index is 1810. The number of allylic oxidation sites excluding steroid dienone is 25. The minimum atomic E-state index is -1.59. The fourth-order valence-electron chi connectivity index (χ4n) is 8.88. The Morgan fingerprint density at radius 1 is 0.438 bits per heavy atom. The van der Waals surface area contributed by atoms with E-state index in [9.17, 15) is 30.3 Å². The fraction of sp³-hybridized carbons (Fsp3) is 0.620. The first-order valence-electron chi connectivity index (χ1n) is 31.7. The van der Waals surface area contributed by atoms with E-state index in [0.717, 1.165) is 128 Å². The number of ether oxygens (including phenoxy) is 2. The summed E-state index contributed by atoms with van der Waals surface area (Å²) < 4.78 is 11.3. The average Bonchev–Trinajstić information content (AvgIpc) is 3.46. The summed E-state index contributed by atoms with van der Waals surface area (Å²) in [5.74, 6) is -0.212. The predicted molar refractivity (Wildman–Crippen MR) is 340 cm³/mol. The molecule has 1 aliphatic rings. The van der Waals surface area contributed by atoms with Gasteiger partial charge in [-0.05, 0) is 116 Å². The van der Waals surface area contributed by atoms with Gasteiger partial charge in [0.05, 0.1) is 25.4 Å². The summed E-state index contributed by atoms with van der Waals surface area (Å²) in [5.41, 5.74) is 0. The number of hydrogen-bond acceptors (Lipinski definition) is 8. The Kier molecular flexibility index (Phi) is 53.5. The maximum atomic E-state index is 13.1. The Morgan fingerprint density at radius 2 is 0.787 bits per heavy atom. The van der Waals surface area contributed by atoms with Crippen LogP contribution in [0.1, 0.15) is 226 Å².